The van der Waals surface area contributed by atoms with E-state index in [1.807, 2.05) is 4.90 Å². The molecule has 2 heterocycles. The molecule has 1 aliphatic carbocycles. The van der Waals surface area contributed by atoms with Gasteiger partial charge < -0.3 is 14.5 Å². The Labute approximate surface area is 190 Å². The molecule has 1 N–H and O–H groups in total. The maximum Gasteiger partial charge on any atom is 0.253 e. The first-order chi connectivity index (χ1) is 15.4. The molecule has 1 saturated carbocycles. The third-order valence-corrected chi connectivity index (χ3v) is 8.19. The average Bonchev–Trinajstić information content (AvgIpc) is 3.64. The highest BCUT2D eigenvalue weighted by molar-refractivity contribution is 7.89. The van der Waals surface area contributed by atoms with Crippen LogP contribution >= 0.6 is 0 Å². The van der Waals surface area contributed by atoms with E-state index in [0.29, 0.717) is 31.5 Å². The molecule has 32 heavy (non-hydrogen) atoms. The molecule has 176 valence electrons. The zero-order valence-electron chi connectivity index (χ0n) is 18.7. The fourth-order valence-corrected chi connectivity index (χ4v) is 6.07. The number of ether oxygens (including phenoxy) is 1. The van der Waals surface area contributed by atoms with Crippen molar-refractivity contribution in [1.82, 2.24) is 14.5 Å². The van der Waals surface area contributed by atoms with Gasteiger partial charge in [-0.2, -0.15) is 0 Å². The third-order valence-electron chi connectivity index (χ3n) is 6.65. The number of hydrogen-bond donors (Lipinski definition) is 1. The van der Waals surface area contributed by atoms with Crippen LogP contribution in [0, 0.1) is 5.92 Å². The first-order valence-corrected chi connectivity index (χ1v) is 13.2. The first kappa shape index (κ1) is 23.0. The van der Waals surface area contributed by atoms with Crippen molar-refractivity contribution in [3.8, 4) is 5.75 Å². The predicted octanol–water partition coefficient (Wildman–Crippen LogP) is 2.39. The number of rotatable bonds is 6. The quantitative estimate of drug-likeness (QED) is 0.699. The van der Waals surface area contributed by atoms with Crippen LogP contribution in [0.2, 0.25) is 0 Å². The lowest BCUT2D eigenvalue weighted by atomic mass is 9.94. The van der Waals surface area contributed by atoms with Crippen LogP contribution in [0.15, 0.2) is 23.1 Å². The molecule has 0 aromatic heterocycles. The lowest BCUT2D eigenvalue weighted by Gasteiger charge is -2.34. The molecular weight excluding hydrogens is 430 g/mol. The van der Waals surface area contributed by atoms with Gasteiger partial charge in [0.15, 0.2) is 0 Å². The number of methoxy groups -OCH3 is 1. The van der Waals surface area contributed by atoms with Crippen LogP contribution in [-0.4, -0.2) is 69.4 Å². The smallest absolute Gasteiger partial charge is 0.253 e. The van der Waals surface area contributed by atoms with Crippen LogP contribution in [-0.2, 0) is 14.8 Å². The minimum atomic E-state index is -3.76. The first-order valence-electron chi connectivity index (χ1n) is 11.7. The van der Waals surface area contributed by atoms with Gasteiger partial charge in [-0.1, -0.05) is 12.8 Å². The van der Waals surface area contributed by atoms with E-state index in [1.54, 1.807) is 11.0 Å². The van der Waals surface area contributed by atoms with E-state index in [4.69, 9.17) is 4.74 Å². The fraction of sp³-hybridized carbons (Fsp3) is 0.652. The molecule has 4 rings (SSSR count). The zero-order chi connectivity index (χ0) is 22.7. The number of carbonyl (C=O) groups is 2. The van der Waals surface area contributed by atoms with Crippen molar-refractivity contribution in [3.63, 3.8) is 0 Å². The van der Waals surface area contributed by atoms with Crippen molar-refractivity contribution in [2.45, 2.75) is 62.3 Å². The molecular formula is C23H33N3O5S. The summed E-state index contributed by atoms with van der Waals surface area (Å²) < 4.78 is 33.4. The number of benzene rings is 1. The molecule has 0 unspecified atom stereocenters. The number of nitrogens with zero attached hydrogens (tertiary/aromatic N) is 2. The van der Waals surface area contributed by atoms with Crippen LogP contribution in [0.4, 0.5) is 0 Å². The SMILES string of the molecule is COc1ccc(C(=O)N2CCC(C(=O)N3CCCCCC3)CC2)cc1S(=O)(=O)NC1CC1. The van der Waals surface area contributed by atoms with Gasteiger partial charge >= 0.3 is 0 Å². The van der Waals surface area contributed by atoms with Crippen molar-refractivity contribution in [2.75, 3.05) is 33.3 Å². The summed E-state index contributed by atoms with van der Waals surface area (Å²) in [4.78, 5) is 29.7. The predicted molar refractivity (Wildman–Crippen MR) is 120 cm³/mol. The van der Waals surface area contributed by atoms with Crippen LogP contribution in [0.3, 0.4) is 0 Å². The molecule has 0 atom stereocenters. The molecule has 2 aliphatic heterocycles. The maximum absolute atomic E-state index is 13.1. The highest BCUT2D eigenvalue weighted by Gasteiger charge is 2.33. The number of sulfonamides is 1. The van der Waals surface area contributed by atoms with Gasteiger partial charge in [-0.15, -0.1) is 0 Å². The van der Waals surface area contributed by atoms with E-state index >= 15 is 0 Å². The number of hydrogen-bond acceptors (Lipinski definition) is 5. The lowest BCUT2D eigenvalue weighted by Crippen LogP contribution is -2.44. The van der Waals surface area contributed by atoms with Crippen LogP contribution < -0.4 is 9.46 Å². The Bertz CT molecular complexity index is 944. The van der Waals surface area contributed by atoms with E-state index in [2.05, 4.69) is 4.72 Å². The van der Waals surface area contributed by atoms with Crippen LogP contribution in [0.1, 0.15) is 61.7 Å². The van der Waals surface area contributed by atoms with Gasteiger partial charge in [0, 0.05) is 43.7 Å². The minimum Gasteiger partial charge on any atom is -0.495 e. The largest absolute Gasteiger partial charge is 0.495 e. The normalized spacial score (nSPS) is 20.7. The summed E-state index contributed by atoms with van der Waals surface area (Å²) in [6.07, 6.45) is 7.45. The van der Waals surface area contributed by atoms with Gasteiger partial charge in [-0.3, -0.25) is 9.59 Å². The van der Waals surface area contributed by atoms with Gasteiger partial charge in [0.05, 0.1) is 7.11 Å². The summed E-state index contributed by atoms with van der Waals surface area (Å²) >= 11 is 0. The van der Waals surface area contributed by atoms with Gasteiger partial charge in [0.25, 0.3) is 5.91 Å². The van der Waals surface area contributed by atoms with Gasteiger partial charge in [-0.25, -0.2) is 13.1 Å². The van der Waals surface area contributed by atoms with Crippen LogP contribution in [0.5, 0.6) is 5.75 Å². The van der Waals surface area contributed by atoms with Crippen molar-refractivity contribution in [2.24, 2.45) is 5.92 Å². The minimum absolute atomic E-state index is 0.0102. The summed E-state index contributed by atoms with van der Waals surface area (Å²) in [6.45, 7) is 2.68. The number of amides is 2. The maximum atomic E-state index is 13.1. The molecule has 2 amide bonds. The number of piperidine rings is 1. The van der Waals surface area contributed by atoms with Crippen molar-refractivity contribution in [1.29, 1.82) is 0 Å². The number of carbonyl (C=O) groups excluding carboxylic acids is 2. The highest BCUT2D eigenvalue weighted by atomic mass is 32.2. The Morgan fingerprint density at radius 2 is 1.59 bits per heavy atom. The molecule has 0 spiro atoms. The average molecular weight is 464 g/mol. The Morgan fingerprint density at radius 1 is 0.938 bits per heavy atom. The van der Waals surface area contributed by atoms with Gasteiger partial charge in [0.1, 0.15) is 10.6 Å². The summed E-state index contributed by atoms with van der Waals surface area (Å²) in [5.74, 6) is 0.197. The Balaban J connectivity index is 1.41. The van der Waals surface area contributed by atoms with Crippen molar-refractivity contribution >= 4 is 21.8 Å². The molecule has 2 saturated heterocycles. The second-order valence-electron chi connectivity index (χ2n) is 9.07. The Hall–Kier alpha value is -2.13. The molecule has 1 aromatic carbocycles. The van der Waals surface area contributed by atoms with E-state index in [-0.39, 0.29) is 34.4 Å². The Morgan fingerprint density at radius 3 is 2.19 bits per heavy atom. The fourth-order valence-electron chi connectivity index (χ4n) is 4.57. The van der Waals surface area contributed by atoms with Gasteiger partial charge in [0.2, 0.25) is 15.9 Å². The van der Waals surface area contributed by atoms with E-state index in [1.165, 1.54) is 32.1 Å². The van der Waals surface area contributed by atoms with Crippen molar-refractivity contribution in [3.05, 3.63) is 23.8 Å². The molecule has 0 radical (unpaired) electrons. The summed E-state index contributed by atoms with van der Waals surface area (Å²) in [6, 6.07) is 4.50. The van der Waals surface area contributed by atoms with Gasteiger partial charge in [-0.05, 0) is 56.7 Å². The standard InChI is InChI=1S/C23H33N3O5S/c1-31-20-9-6-18(16-21(20)32(29,30)24-19-7-8-19)23(28)26-14-10-17(11-15-26)22(27)25-12-4-2-3-5-13-25/h6,9,16-17,19,24H,2-5,7-8,10-15H2,1H3. The van der Waals surface area contributed by atoms with E-state index < -0.39 is 10.0 Å². The molecule has 8 nitrogen and oxygen atoms in total. The monoisotopic (exact) mass is 463 g/mol. The summed E-state index contributed by atoms with van der Waals surface area (Å²) in [7, 11) is -2.34. The number of nitrogens with one attached hydrogen (secondary N) is 1. The number of likely N-dealkylation sites (tertiary alicyclic amines) is 2. The second kappa shape index (κ2) is 9.79. The lowest BCUT2D eigenvalue weighted by molar-refractivity contribution is -0.136. The summed E-state index contributed by atoms with van der Waals surface area (Å²) in [5, 5.41) is 0. The molecule has 3 fully saturated rings. The third kappa shape index (κ3) is 5.26. The molecule has 3 aliphatic rings. The van der Waals surface area contributed by atoms with Crippen molar-refractivity contribution < 1.29 is 22.7 Å². The Kier molecular flexibility index (Phi) is 7.05. The molecule has 1 aromatic rings. The molecule has 9 heteroatoms. The summed E-state index contributed by atoms with van der Waals surface area (Å²) in [5.41, 5.74) is 0.319. The highest BCUT2D eigenvalue weighted by Crippen LogP contribution is 2.29. The second-order valence-corrected chi connectivity index (χ2v) is 10.7. The zero-order valence-corrected chi connectivity index (χ0v) is 19.5. The van der Waals surface area contributed by atoms with Crippen LogP contribution in [0.25, 0.3) is 0 Å². The van der Waals surface area contributed by atoms with E-state index in [9.17, 15) is 18.0 Å². The topological polar surface area (TPSA) is 96.0 Å². The molecule has 0 bridgehead atoms. The van der Waals surface area contributed by atoms with E-state index in [0.717, 1.165) is 38.8 Å².